The Labute approximate surface area is 109 Å². The average molecular weight is 271 g/mol. The van der Waals surface area contributed by atoms with Crippen LogP contribution in [0, 0.1) is 0 Å². The van der Waals surface area contributed by atoms with Crippen molar-refractivity contribution in [2.45, 2.75) is 31.2 Å². The van der Waals surface area contributed by atoms with Gasteiger partial charge in [0.25, 0.3) is 0 Å². The average Bonchev–Trinajstić information content (AvgIpc) is 2.27. The number of benzene rings is 1. The zero-order chi connectivity index (χ0) is 13.6. The van der Waals surface area contributed by atoms with Gasteiger partial charge in [0.1, 0.15) is 10.6 Å². The SMILES string of the molecule is CC(C)NCCCOc1ccccc1S(C)(=O)=O. The van der Waals surface area contributed by atoms with Gasteiger partial charge in [-0.3, -0.25) is 0 Å². The molecule has 1 aromatic carbocycles. The van der Waals surface area contributed by atoms with Gasteiger partial charge in [0, 0.05) is 12.3 Å². The summed E-state index contributed by atoms with van der Waals surface area (Å²) >= 11 is 0. The van der Waals surface area contributed by atoms with E-state index in [0.29, 0.717) is 18.4 Å². The Kier molecular flexibility index (Phi) is 5.62. The number of rotatable bonds is 7. The molecule has 0 aliphatic heterocycles. The summed E-state index contributed by atoms with van der Waals surface area (Å²) in [5.74, 6) is 0.435. The number of hydrogen-bond donors (Lipinski definition) is 1. The molecule has 0 aliphatic rings. The Morgan fingerprint density at radius 1 is 1.28 bits per heavy atom. The normalized spacial score (nSPS) is 11.8. The van der Waals surface area contributed by atoms with Crippen molar-refractivity contribution in [1.29, 1.82) is 0 Å². The molecule has 0 heterocycles. The van der Waals surface area contributed by atoms with Crippen LogP contribution in [0.1, 0.15) is 20.3 Å². The van der Waals surface area contributed by atoms with E-state index in [0.717, 1.165) is 13.0 Å². The van der Waals surface area contributed by atoms with Gasteiger partial charge in [0.15, 0.2) is 9.84 Å². The Balaban J connectivity index is 2.53. The molecule has 0 saturated heterocycles. The zero-order valence-corrected chi connectivity index (χ0v) is 12.0. The smallest absolute Gasteiger partial charge is 0.179 e. The van der Waals surface area contributed by atoms with Gasteiger partial charge >= 0.3 is 0 Å². The van der Waals surface area contributed by atoms with E-state index >= 15 is 0 Å². The molecule has 0 bridgehead atoms. The van der Waals surface area contributed by atoms with Crippen LogP contribution in [-0.4, -0.2) is 33.9 Å². The molecule has 5 heteroatoms. The monoisotopic (exact) mass is 271 g/mol. The highest BCUT2D eigenvalue weighted by Gasteiger charge is 2.13. The minimum Gasteiger partial charge on any atom is -0.492 e. The van der Waals surface area contributed by atoms with E-state index in [1.165, 1.54) is 6.26 Å². The molecule has 0 aliphatic carbocycles. The summed E-state index contributed by atoms with van der Waals surface area (Å²) in [6, 6.07) is 7.18. The lowest BCUT2D eigenvalue weighted by molar-refractivity contribution is 0.299. The lowest BCUT2D eigenvalue weighted by atomic mass is 10.3. The topological polar surface area (TPSA) is 55.4 Å². The quantitative estimate of drug-likeness (QED) is 0.769. The van der Waals surface area contributed by atoms with Gasteiger partial charge in [0.05, 0.1) is 6.61 Å². The van der Waals surface area contributed by atoms with Crippen LogP contribution in [-0.2, 0) is 9.84 Å². The lowest BCUT2D eigenvalue weighted by Gasteiger charge is -2.11. The van der Waals surface area contributed by atoms with Gasteiger partial charge < -0.3 is 10.1 Å². The highest BCUT2D eigenvalue weighted by molar-refractivity contribution is 7.90. The number of nitrogens with one attached hydrogen (secondary N) is 1. The van der Waals surface area contributed by atoms with Crippen LogP contribution < -0.4 is 10.1 Å². The van der Waals surface area contributed by atoms with Crippen molar-refractivity contribution in [3.8, 4) is 5.75 Å². The van der Waals surface area contributed by atoms with E-state index in [1.54, 1.807) is 24.3 Å². The van der Waals surface area contributed by atoms with Crippen LogP contribution in [0.5, 0.6) is 5.75 Å². The van der Waals surface area contributed by atoms with Crippen molar-refractivity contribution in [2.24, 2.45) is 0 Å². The number of ether oxygens (including phenoxy) is 1. The third-order valence-corrected chi connectivity index (χ3v) is 3.52. The second kappa shape index (κ2) is 6.75. The minimum absolute atomic E-state index is 0.252. The van der Waals surface area contributed by atoms with Gasteiger partial charge in [-0.15, -0.1) is 0 Å². The van der Waals surface area contributed by atoms with E-state index in [1.807, 2.05) is 0 Å². The Hall–Kier alpha value is -1.07. The lowest BCUT2D eigenvalue weighted by Crippen LogP contribution is -2.24. The van der Waals surface area contributed by atoms with Gasteiger partial charge in [-0.05, 0) is 25.1 Å². The van der Waals surface area contributed by atoms with Crippen LogP contribution in [0.2, 0.25) is 0 Å². The second-order valence-corrected chi connectivity index (χ2v) is 6.51. The fraction of sp³-hybridized carbons (Fsp3) is 0.538. The van der Waals surface area contributed by atoms with Gasteiger partial charge in [-0.2, -0.15) is 0 Å². The van der Waals surface area contributed by atoms with Gasteiger partial charge in [-0.1, -0.05) is 26.0 Å². The molecule has 0 spiro atoms. The van der Waals surface area contributed by atoms with Crippen LogP contribution in [0.15, 0.2) is 29.2 Å². The first-order valence-electron chi connectivity index (χ1n) is 6.06. The van der Waals surface area contributed by atoms with Crippen molar-refractivity contribution in [2.75, 3.05) is 19.4 Å². The molecule has 0 fully saturated rings. The van der Waals surface area contributed by atoms with Gasteiger partial charge in [0.2, 0.25) is 0 Å². The van der Waals surface area contributed by atoms with E-state index in [4.69, 9.17) is 4.74 Å². The summed E-state index contributed by atoms with van der Waals surface area (Å²) in [4.78, 5) is 0.252. The predicted molar refractivity (Wildman–Crippen MR) is 72.8 cm³/mol. The van der Waals surface area contributed by atoms with Crippen molar-refractivity contribution < 1.29 is 13.2 Å². The fourth-order valence-electron chi connectivity index (χ4n) is 1.52. The highest BCUT2D eigenvalue weighted by atomic mass is 32.2. The first-order valence-corrected chi connectivity index (χ1v) is 7.95. The molecule has 1 aromatic rings. The molecule has 0 saturated carbocycles. The molecule has 0 atom stereocenters. The molecular weight excluding hydrogens is 250 g/mol. The van der Waals surface area contributed by atoms with Crippen molar-refractivity contribution >= 4 is 9.84 Å². The molecule has 102 valence electrons. The summed E-state index contributed by atoms with van der Waals surface area (Å²) in [6.45, 7) is 5.53. The molecule has 1 rings (SSSR count). The Morgan fingerprint density at radius 3 is 2.56 bits per heavy atom. The molecule has 0 radical (unpaired) electrons. The first-order chi connectivity index (χ1) is 8.41. The Morgan fingerprint density at radius 2 is 1.94 bits per heavy atom. The minimum atomic E-state index is -3.23. The molecule has 0 aromatic heterocycles. The number of sulfone groups is 1. The van der Waals surface area contributed by atoms with E-state index in [9.17, 15) is 8.42 Å². The summed E-state index contributed by atoms with van der Waals surface area (Å²) in [6.07, 6.45) is 2.03. The fourth-order valence-corrected chi connectivity index (χ4v) is 2.34. The van der Waals surface area contributed by atoms with Crippen molar-refractivity contribution in [3.05, 3.63) is 24.3 Å². The number of para-hydroxylation sites is 1. The van der Waals surface area contributed by atoms with Crippen LogP contribution in [0.25, 0.3) is 0 Å². The summed E-state index contributed by atoms with van der Waals surface area (Å²) in [5, 5.41) is 3.28. The summed E-state index contributed by atoms with van der Waals surface area (Å²) in [5.41, 5.74) is 0. The molecule has 0 unspecified atom stereocenters. The zero-order valence-electron chi connectivity index (χ0n) is 11.1. The highest BCUT2D eigenvalue weighted by Crippen LogP contribution is 2.22. The third kappa shape index (κ3) is 5.06. The molecule has 1 N–H and O–H groups in total. The molecular formula is C13H21NO3S. The predicted octanol–water partition coefficient (Wildman–Crippen LogP) is 1.86. The van der Waals surface area contributed by atoms with Crippen LogP contribution in [0.4, 0.5) is 0 Å². The maximum Gasteiger partial charge on any atom is 0.179 e. The summed E-state index contributed by atoms with van der Waals surface area (Å²) < 4.78 is 28.6. The van der Waals surface area contributed by atoms with E-state index in [-0.39, 0.29) is 4.90 Å². The van der Waals surface area contributed by atoms with Crippen LogP contribution >= 0.6 is 0 Å². The first kappa shape index (κ1) is 15.0. The molecule has 4 nitrogen and oxygen atoms in total. The molecule has 18 heavy (non-hydrogen) atoms. The van der Waals surface area contributed by atoms with Crippen molar-refractivity contribution in [3.63, 3.8) is 0 Å². The largest absolute Gasteiger partial charge is 0.492 e. The van der Waals surface area contributed by atoms with Gasteiger partial charge in [-0.25, -0.2) is 8.42 Å². The van der Waals surface area contributed by atoms with E-state index in [2.05, 4.69) is 19.2 Å². The third-order valence-electron chi connectivity index (χ3n) is 2.38. The van der Waals surface area contributed by atoms with Crippen molar-refractivity contribution in [1.82, 2.24) is 5.32 Å². The standard InChI is InChI=1S/C13H21NO3S/c1-11(2)14-9-6-10-17-12-7-4-5-8-13(12)18(3,15)16/h4-5,7-8,11,14H,6,9-10H2,1-3H3. The summed E-state index contributed by atoms with van der Waals surface area (Å²) in [7, 11) is -3.23. The van der Waals surface area contributed by atoms with Crippen LogP contribution in [0.3, 0.4) is 0 Å². The Bertz CT molecular complexity index is 469. The second-order valence-electron chi connectivity index (χ2n) is 4.53. The van der Waals surface area contributed by atoms with E-state index < -0.39 is 9.84 Å². The number of hydrogen-bond acceptors (Lipinski definition) is 4. The molecule has 0 amide bonds. The maximum absolute atomic E-state index is 11.5. The maximum atomic E-state index is 11.5.